The van der Waals surface area contributed by atoms with Crippen LogP contribution in [0.3, 0.4) is 0 Å². The topological polar surface area (TPSA) is 26.0 Å². The number of hydrogen-bond acceptors (Lipinski definition) is 2. The Morgan fingerprint density at radius 2 is 2.33 bits per heavy atom. The summed E-state index contributed by atoms with van der Waals surface area (Å²) in [5.74, 6) is 0. The molecule has 1 rings (SSSR count). The van der Waals surface area contributed by atoms with Crippen molar-refractivity contribution in [2.45, 2.75) is 19.8 Å². The number of aryl methyl sites for hydroxylation is 1. The van der Waals surface area contributed by atoms with E-state index in [2.05, 4.69) is 25.1 Å². The zero-order valence-corrected chi connectivity index (χ0v) is 8.23. The van der Waals surface area contributed by atoms with Gasteiger partial charge in [0.1, 0.15) is 0 Å². The van der Waals surface area contributed by atoms with Crippen molar-refractivity contribution in [3.63, 3.8) is 0 Å². The first-order valence-corrected chi connectivity index (χ1v) is 5.13. The van der Waals surface area contributed by atoms with E-state index in [1.54, 1.807) is 0 Å². The Hall–Kier alpha value is -0.600. The van der Waals surface area contributed by atoms with Gasteiger partial charge in [-0.15, -0.1) is 11.3 Å². The van der Waals surface area contributed by atoms with E-state index in [-0.39, 0.29) is 0 Å². The van der Waals surface area contributed by atoms with Crippen molar-refractivity contribution in [3.05, 3.63) is 28.0 Å². The van der Waals surface area contributed by atoms with Crippen molar-refractivity contribution in [2.24, 2.45) is 5.73 Å². The zero-order valence-electron chi connectivity index (χ0n) is 7.42. The lowest BCUT2D eigenvalue weighted by Crippen LogP contribution is -1.91. The van der Waals surface area contributed by atoms with E-state index in [0.29, 0.717) is 6.54 Å². The van der Waals surface area contributed by atoms with Crippen molar-refractivity contribution in [3.8, 4) is 0 Å². The van der Waals surface area contributed by atoms with Gasteiger partial charge in [-0.1, -0.05) is 19.4 Å². The molecule has 0 aromatic carbocycles. The summed E-state index contributed by atoms with van der Waals surface area (Å²) in [6.45, 7) is 2.83. The molecule has 1 aromatic heterocycles. The predicted octanol–water partition coefficient (Wildman–Crippen LogP) is 2.67. The van der Waals surface area contributed by atoms with E-state index in [9.17, 15) is 0 Å². The third kappa shape index (κ3) is 2.80. The fourth-order valence-electron chi connectivity index (χ4n) is 1.05. The van der Waals surface area contributed by atoms with Gasteiger partial charge >= 0.3 is 0 Å². The lowest BCUT2D eigenvalue weighted by atomic mass is 10.3. The Bertz CT molecular complexity index is 250. The Morgan fingerprint density at radius 1 is 1.50 bits per heavy atom. The molecule has 0 saturated carbocycles. The molecule has 0 saturated heterocycles. The normalized spacial score (nSPS) is 11.2. The fourth-order valence-corrected chi connectivity index (χ4v) is 2.09. The minimum absolute atomic E-state index is 0.626. The van der Waals surface area contributed by atoms with Crippen molar-refractivity contribution < 1.29 is 0 Å². The van der Waals surface area contributed by atoms with Gasteiger partial charge in [-0.05, 0) is 24.6 Å². The zero-order chi connectivity index (χ0) is 8.81. The molecule has 0 atom stereocenters. The van der Waals surface area contributed by atoms with Crippen LogP contribution in [0.25, 0.3) is 6.08 Å². The fraction of sp³-hybridized carbons (Fsp3) is 0.400. The molecule has 0 fully saturated rings. The largest absolute Gasteiger partial charge is 0.327 e. The van der Waals surface area contributed by atoms with Crippen LogP contribution in [-0.4, -0.2) is 6.54 Å². The SMILES string of the molecule is CCCc1ccc(/C=C/CN)s1. The first-order chi connectivity index (χ1) is 5.86. The third-order valence-corrected chi connectivity index (χ3v) is 2.71. The maximum atomic E-state index is 5.36. The van der Waals surface area contributed by atoms with Gasteiger partial charge in [-0.2, -0.15) is 0 Å². The highest BCUT2D eigenvalue weighted by molar-refractivity contribution is 7.12. The molecule has 2 heteroatoms. The van der Waals surface area contributed by atoms with E-state index in [1.165, 1.54) is 22.6 Å². The Balaban J connectivity index is 2.57. The van der Waals surface area contributed by atoms with Crippen molar-refractivity contribution in [1.29, 1.82) is 0 Å². The summed E-state index contributed by atoms with van der Waals surface area (Å²) < 4.78 is 0. The van der Waals surface area contributed by atoms with Crippen molar-refractivity contribution >= 4 is 17.4 Å². The highest BCUT2D eigenvalue weighted by Gasteiger charge is 1.94. The average molecular weight is 181 g/mol. The van der Waals surface area contributed by atoms with Gasteiger partial charge in [0, 0.05) is 16.3 Å². The van der Waals surface area contributed by atoms with Crippen LogP contribution in [0.15, 0.2) is 18.2 Å². The molecule has 0 amide bonds. The van der Waals surface area contributed by atoms with Gasteiger partial charge in [0.2, 0.25) is 0 Å². The maximum Gasteiger partial charge on any atom is 0.0270 e. The summed E-state index contributed by atoms with van der Waals surface area (Å²) in [7, 11) is 0. The molecule has 12 heavy (non-hydrogen) atoms. The van der Waals surface area contributed by atoms with Gasteiger partial charge in [0.25, 0.3) is 0 Å². The molecular formula is C10H15NS. The highest BCUT2D eigenvalue weighted by Crippen LogP contribution is 2.18. The molecule has 0 bridgehead atoms. The molecule has 0 aliphatic rings. The lowest BCUT2D eigenvalue weighted by molar-refractivity contribution is 0.940. The third-order valence-electron chi connectivity index (χ3n) is 1.60. The van der Waals surface area contributed by atoms with Crippen LogP contribution in [-0.2, 0) is 6.42 Å². The molecule has 1 aromatic rings. The lowest BCUT2D eigenvalue weighted by Gasteiger charge is -1.87. The van der Waals surface area contributed by atoms with Crippen LogP contribution in [0, 0.1) is 0 Å². The summed E-state index contributed by atoms with van der Waals surface area (Å²) in [6, 6.07) is 4.35. The summed E-state index contributed by atoms with van der Waals surface area (Å²) >= 11 is 1.86. The van der Waals surface area contributed by atoms with Gasteiger partial charge in [0.05, 0.1) is 0 Å². The second-order valence-corrected chi connectivity index (χ2v) is 3.89. The van der Waals surface area contributed by atoms with Crippen LogP contribution in [0.5, 0.6) is 0 Å². The van der Waals surface area contributed by atoms with Crippen LogP contribution in [0.2, 0.25) is 0 Å². The minimum atomic E-state index is 0.626. The van der Waals surface area contributed by atoms with Crippen LogP contribution in [0.1, 0.15) is 23.1 Å². The second-order valence-electron chi connectivity index (χ2n) is 2.69. The Kier molecular flexibility index (Phi) is 4.05. The molecule has 0 spiro atoms. The Morgan fingerprint density at radius 3 is 3.00 bits per heavy atom. The van der Waals surface area contributed by atoms with E-state index in [0.717, 1.165) is 0 Å². The quantitative estimate of drug-likeness (QED) is 0.759. The number of thiophene rings is 1. The molecular weight excluding hydrogens is 166 g/mol. The minimum Gasteiger partial charge on any atom is -0.327 e. The number of rotatable bonds is 4. The van der Waals surface area contributed by atoms with Crippen LogP contribution >= 0.6 is 11.3 Å². The van der Waals surface area contributed by atoms with E-state index >= 15 is 0 Å². The van der Waals surface area contributed by atoms with E-state index in [1.807, 2.05) is 17.4 Å². The second kappa shape index (κ2) is 5.12. The molecule has 1 nitrogen and oxygen atoms in total. The van der Waals surface area contributed by atoms with Gasteiger partial charge < -0.3 is 5.73 Å². The highest BCUT2D eigenvalue weighted by atomic mass is 32.1. The molecule has 66 valence electrons. The van der Waals surface area contributed by atoms with E-state index in [4.69, 9.17) is 5.73 Å². The van der Waals surface area contributed by atoms with Gasteiger partial charge in [-0.25, -0.2) is 0 Å². The predicted molar refractivity (Wildman–Crippen MR) is 56.4 cm³/mol. The average Bonchev–Trinajstić information content (AvgIpc) is 2.50. The molecule has 2 N–H and O–H groups in total. The molecule has 0 unspecified atom stereocenters. The van der Waals surface area contributed by atoms with Gasteiger partial charge in [-0.3, -0.25) is 0 Å². The van der Waals surface area contributed by atoms with Crippen molar-refractivity contribution in [2.75, 3.05) is 6.54 Å². The smallest absolute Gasteiger partial charge is 0.0270 e. The van der Waals surface area contributed by atoms with E-state index < -0.39 is 0 Å². The van der Waals surface area contributed by atoms with Gasteiger partial charge in [0.15, 0.2) is 0 Å². The van der Waals surface area contributed by atoms with Crippen molar-refractivity contribution in [1.82, 2.24) is 0 Å². The monoisotopic (exact) mass is 181 g/mol. The molecule has 1 heterocycles. The molecule has 0 aliphatic heterocycles. The summed E-state index contributed by atoms with van der Waals surface area (Å²) in [5.41, 5.74) is 5.36. The summed E-state index contributed by atoms with van der Waals surface area (Å²) in [4.78, 5) is 2.78. The molecule has 0 aliphatic carbocycles. The maximum absolute atomic E-state index is 5.36. The van der Waals surface area contributed by atoms with Crippen LogP contribution in [0.4, 0.5) is 0 Å². The summed E-state index contributed by atoms with van der Waals surface area (Å²) in [5, 5.41) is 0. The number of hydrogen-bond donors (Lipinski definition) is 1. The number of nitrogens with two attached hydrogens (primary N) is 1. The first-order valence-electron chi connectivity index (χ1n) is 4.32. The molecule has 0 radical (unpaired) electrons. The standard InChI is InChI=1S/C10H15NS/c1-2-4-9-6-7-10(12-9)5-3-8-11/h3,5-7H,2,4,8,11H2,1H3/b5-3+. The Labute approximate surface area is 77.9 Å². The first kappa shape index (κ1) is 9.49. The van der Waals surface area contributed by atoms with Crippen LogP contribution < -0.4 is 5.73 Å². The summed E-state index contributed by atoms with van der Waals surface area (Å²) in [6.07, 6.45) is 6.49.